The number of rotatable bonds is 0. The maximum absolute atomic E-state index is 4.70. The minimum absolute atomic E-state index is 1.13. The van der Waals surface area contributed by atoms with Gasteiger partial charge in [-0.15, -0.1) is 0 Å². The molecule has 4 heteroatoms. The monoisotopic (exact) mass is 221 g/mol. The van der Waals surface area contributed by atoms with Crippen molar-refractivity contribution >= 4 is 18.0 Å². The Kier molecular flexibility index (Phi) is 2.33. The first-order chi connectivity index (χ1) is 7.34. The van der Waals surface area contributed by atoms with E-state index in [2.05, 4.69) is 28.1 Å². The fourth-order valence-electron chi connectivity index (χ4n) is 2.23. The fraction of sp³-hybridized carbons (Fsp3) is 0.545. The van der Waals surface area contributed by atoms with Gasteiger partial charge in [0.2, 0.25) is 0 Å². The van der Waals surface area contributed by atoms with Crippen molar-refractivity contribution in [3.8, 4) is 0 Å². The number of hydrogen-bond donors (Lipinski definition) is 0. The third-order valence-electron chi connectivity index (χ3n) is 2.98. The summed E-state index contributed by atoms with van der Waals surface area (Å²) in [4.78, 5) is 4.70. The van der Waals surface area contributed by atoms with E-state index >= 15 is 0 Å². The van der Waals surface area contributed by atoms with E-state index in [1.54, 1.807) is 11.9 Å². The van der Waals surface area contributed by atoms with Crippen molar-refractivity contribution < 1.29 is 0 Å². The summed E-state index contributed by atoms with van der Waals surface area (Å²) in [5, 5.41) is 1.17. The minimum atomic E-state index is 1.13. The summed E-state index contributed by atoms with van der Waals surface area (Å²) >= 11 is 1.78. The Morgan fingerprint density at radius 2 is 2.33 bits per heavy atom. The lowest BCUT2D eigenvalue weighted by Crippen LogP contribution is -2.09. The summed E-state index contributed by atoms with van der Waals surface area (Å²) in [5.74, 6) is 0. The van der Waals surface area contributed by atoms with Gasteiger partial charge in [-0.25, -0.2) is 9.29 Å². The highest BCUT2D eigenvalue weighted by molar-refractivity contribution is 7.96. The Bertz CT molecular complexity index is 408. The lowest BCUT2D eigenvalue weighted by atomic mass is 10.1. The van der Waals surface area contributed by atoms with Crippen molar-refractivity contribution in [2.24, 2.45) is 0 Å². The van der Waals surface area contributed by atoms with Gasteiger partial charge in [-0.1, -0.05) is 6.08 Å². The topological polar surface area (TPSA) is 21.1 Å². The second-order valence-corrected chi connectivity index (χ2v) is 5.29. The van der Waals surface area contributed by atoms with Gasteiger partial charge in [-0.3, -0.25) is 0 Å². The molecule has 0 spiro atoms. The van der Waals surface area contributed by atoms with E-state index in [-0.39, 0.29) is 0 Å². The molecule has 0 bridgehead atoms. The molecular formula is C11H15N3S. The molecule has 1 aliphatic carbocycles. The highest BCUT2D eigenvalue weighted by Crippen LogP contribution is 2.30. The van der Waals surface area contributed by atoms with Crippen molar-refractivity contribution in [1.82, 2.24) is 13.9 Å². The van der Waals surface area contributed by atoms with Crippen LogP contribution in [0.5, 0.6) is 0 Å². The van der Waals surface area contributed by atoms with Crippen LogP contribution in [-0.2, 0) is 13.0 Å². The first kappa shape index (κ1) is 9.48. The molecule has 3 rings (SSSR count). The number of aromatic nitrogens is 2. The van der Waals surface area contributed by atoms with E-state index in [9.17, 15) is 0 Å². The molecule has 1 aromatic heterocycles. The summed E-state index contributed by atoms with van der Waals surface area (Å²) < 4.78 is 4.69. The number of fused-ring (bicyclic) bond motifs is 3. The van der Waals surface area contributed by atoms with Crippen LogP contribution >= 0.6 is 11.9 Å². The summed E-state index contributed by atoms with van der Waals surface area (Å²) in [6.07, 6.45) is 7.94. The predicted molar refractivity (Wildman–Crippen MR) is 62.7 cm³/mol. The van der Waals surface area contributed by atoms with E-state index < -0.39 is 0 Å². The van der Waals surface area contributed by atoms with Crippen LogP contribution in [-0.4, -0.2) is 27.4 Å². The van der Waals surface area contributed by atoms with Crippen molar-refractivity contribution in [2.75, 3.05) is 13.6 Å². The molecule has 2 heterocycles. The summed E-state index contributed by atoms with van der Waals surface area (Å²) in [7, 11) is 2.14. The van der Waals surface area contributed by atoms with Crippen molar-refractivity contribution in [2.45, 2.75) is 31.0 Å². The first-order valence-corrected chi connectivity index (χ1v) is 6.27. The van der Waals surface area contributed by atoms with E-state index in [1.807, 2.05) is 0 Å². The molecule has 0 aromatic carbocycles. The minimum Gasteiger partial charge on any atom is -0.321 e. The van der Waals surface area contributed by atoms with E-state index in [0.29, 0.717) is 0 Å². The van der Waals surface area contributed by atoms with Gasteiger partial charge in [0.25, 0.3) is 0 Å². The molecular weight excluding hydrogens is 206 g/mol. The molecule has 0 saturated carbocycles. The van der Waals surface area contributed by atoms with Gasteiger partial charge >= 0.3 is 0 Å². The third kappa shape index (κ3) is 1.62. The van der Waals surface area contributed by atoms with Gasteiger partial charge in [0.15, 0.2) is 5.16 Å². The zero-order valence-electron chi connectivity index (χ0n) is 8.94. The van der Waals surface area contributed by atoms with Crippen molar-refractivity contribution in [1.29, 1.82) is 0 Å². The molecule has 1 aliphatic heterocycles. The summed E-state index contributed by atoms with van der Waals surface area (Å²) in [6.45, 7) is 2.28. The number of nitrogens with zero attached hydrogens (tertiary/aromatic N) is 3. The fourth-order valence-corrected chi connectivity index (χ4v) is 3.17. The largest absolute Gasteiger partial charge is 0.321 e. The predicted octanol–water partition coefficient (Wildman–Crippen LogP) is 2.19. The van der Waals surface area contributed by atoms with Gasteiger partial charge < -0.3 is 4.57 Å². The molecule has 1 aromatic rings. The van der Waals surface area contributed by atoms with Gasteiger partial charge in [0.1, 0.15) is 0 Å². The number of hydrogen-bond acceptors (Lipinski definition) is 3. The molecule has 0 N–H and O–H groups in total. The first-order valence-electron chi connectivity index (χ1n) is 5.49. The van der Waals surface area contributed by atoms with Crippen LogP contribution in [0.2, 0.25) is 0 Å². The van der Waals surface area contributed by atoms with Crippen LogP contribution in [0.4, 0.5) is 0 Å². The lowest BCUT2D eigenvalue weighted by Gasteiger charge is -2.09. The smallest absolute Gasteiger partial charge is 0.184 e. The number of imidazole rings is 1. The van der Waals surface area contributed by atoms with Crippen LogP contribution in [0, 0.1) is 0 Å². The normalized spacial score (nSPS) is 20.9. The summed E-state index contributed by atoms with van der Waals surface area (Å²) in [5.41, 5.74) is 2.63. The molecule has 3 nitrogen and oxygen atoms in total. The van der Waals surface area contributed by atoms with Crippen LogP contribution < -0.4 is 0 Å². The average molecular weight is 221 g/mol. The molecule has 15 heavy (non-hydrogen) atoms. The molecule has 0 unspecified atom stereocenters. The molecule has 0 fully saturated rings. The highest BCUT2D eigenvalue weighted by Gasteiger charge is 2.20. The Morgan fingerprint density at radius 1 is 1.40 bits per heavy atom. The van der Waals surface area contributed by atoms with Gasteiger partial charge in [0, 0.05) is 18.8 Å². The van der Waals surface area contributed by atoms with Crippen LogP contribution in [0.1, 0.15) is 24.2 Å². The number of allylic oxidation sites excluding steroid dienone is 1. The Labute approximate surface area is 94.3 Å². The molecule has 0 atom stereocenters. The zero-order chi connectivity index (χ0) is 10.3. The maximum atomic E-state index is 4.70. The van der Waals surface area contributed by atoms with Crippen molar-refractivity contribution in [3.05, 3.63) is 17.5 Å². The van der Waals surface area contributed by atoms with E-state index in [1.165, 1.54) is 29.4 Å². The second kappa shape index (κ2) is 3.68. The molecule has 0 amide bonds. The summed E-state index contributed by atoms with van der Waals surface area (Å²) in [6, 6.07) is 0. The molecule has 0 saturated heterocycles. The van der Waals surface area contributed by atoms with Gasteiger partial charge in [-0.05, 0) is 44.3 Å². The Balaban J connectivity index is 2.06. The Morgan fingerprint density at radius 3 is 3.27 bits per heavy atom. The standard InChI is InChI=1S/C11H15N3S/c1-13-7-4-8-14-10-6-3-2-5-9(10)12-11(14)15-13/h2,5H,3-4,6-8H2,1H3. The van der Waals surface area contributed by atoms with Crippen LogP contribution in [0.3, 0.4) is 0 Å². The van der Waals surface area contributed by atoms with E-state index in [0.717, 1.165) is 19.5 Å². The average Bonchev–Trinajstić information content (AvgIpc) is 2.46. The third-order valence-corrected chi connectivity index (χ3v) is 3.95. The van der Waals surface area contributed by atoms with Gasteiger partial charge in [-0.2, -0.15) is 0 Å². The lowest BCUT2D eigenvalue weighted by molar-refractivity contribution is 0.510. The van der Waals surface area contributed by atoms with Gasteiger partial charge in [0.05, 0.1) is 5.69 Å². The quantitative estimate of drug-likeness (QED) is 0.627. The Hall–Kier alpha value is -0.740. The SMILES string of the molecule is CN1CCCn2c(nc3c2CCC=C3)S1. The van der Waals surface area contributed by atoms with Crippen LogP contribution in [0.25, 0.3) is 6.08 Å². The van der Waals surface area contributed by atoms with E-state index in [4.69, 9.17) is 4.98 Å². The molecule has 80 valence electrons. The van der Waals surface area contributed by atoms with Crippen LogP contribution in [0.15, 0.2) is 11.2 Å². The molecule has 2 aliphatic rings. The van der Waals surface area contributed by atoms with Crippen molar-refractivity contribution in [3.63, 3.8) is 0 Å². The second-order valence-electron chi connectivity index (χ2n) is 4.12. The maximum Gasteiger partial charge on any atom is 0.184 e. The highest BCUT2D eigenvalue weighted by atomic mass is 32.2. The molecule has 0 radical (unpaired) electrons. The zero-order valence-corrected chi connectivity index (χ0v) is 9.76.